The molecule has 0 aliphatic rings. The predicted octanol–water partition coefficient (Wildman–Crippen LogP) is 1.23. The summed E-state index contributed by atoms with van der Waals surface area (Å²) in [7, 11) is 0. The van der Waals surface area contributed by atoms with Crippen LogP contribution >= 0.6 is 0 Å². The molecule has 0 unspecified atom stereocenters. The Morgan fingerprint density at radius 2 is 2.18 bits per heavy atom. The van der Waals surface area contributed by atoms with E-state index in [0.29, 0.717) is 12.2 Å². The highest BCUT2D eigenvalue weighted by molar-refractivity contribution is 5.94. The molecule has 0 aliphatic carbocycles. The van der Waals surface area contributed by atoms with E-state index in [4.69, 9.17) is 11.1 Å². The molecule has 0 radical (unpaired) electrons. The third kappa shape index (κ3) is 2.18. The smallest absolute Gasteiger partial charge is 0.142 e. The largest absolute Gasteiger partial charge is 0.382 e. The van der Waals surface area contributed by atoms with Crippen molar-refractivity contribution < 1.29 is 0 Å². The molecule has 2 heterocycles. The van der Waals surface area contributed by atoms with Crippen LogP contribution in [0.15, 0.2) is 24.7 Å². The average molecular weight is 229 g/mol. The van der Waals surface area contributed by atoms with Crippen LogP contribution in [0.25, 0.3) is 0 Å². The van der Waals surface area contributed by atoms with Gasteiger partial charge in [0.05, 0.1) is 18.6 Å². The van der Waals surface area contributed by atoms with Crippen LogP contribution in [0.3, 0.4) is 0 Å². The molecule has 0 aromatic carbocycles. The fourth-order valence-corrected chi connectivity index (χ4v) is 1.70. The number of aryl methyl sites for hydroxylation is 1. The van der Waals surface area contributed by atoms with Crippen LogP contribution in [0.4, 0.5) is 0 Å². The van der Waals surface area contributed by atoms with Gasteiger partial charge in [0.25, 0.3) is 0 Å². The highest BCUT2D eigenvalue weighted by atomic mass is 15.1. The first-order valence-electron chi connectivity index (χ1n) is 5.36. The number of rotatable bonds is 3. The standard InChI is InChI=1S/C12H15N5/c1-8-9(2)17(7-16-8)6-10-4-3-5-15-11(10)12(13)14/h3-5,7H,6H2,1-2H3,(H3,13,14). The molecule has 2 aromatic heterocycles. The van der Waals surface area contributed by atoms with Crippen molar-refractivity contribution in [1.82, 2.24) is 14.5 Å². The van der Waals surface area contributed by atoms with Crippen LogP contribution < -0.4 is 5.73 Å². The zero-order valence-electron chi connectivity index (χ0n) is 9.94. The van der Waals surface area contributed by atoms with E-state index < -0.39 is 0 Å². The number of aromatic nitrogens is 3. The van der Waals surface area contributed by atoms with E-state index in [2.05, 4.69) is 9.97 Å². The number of imidazole rings is 1. The molecule has 0 aliphatic heterocycles. The Balaban J connectivity index is 2.36. The van der Waals surface area contributed by atoms with Crippen molar-refractivity contribution in [2.45, 2.75) is 20.4 Å². The van der Waals surface area contributed by atoms with E-state index in [0.717, 1.165) is 17.0 Å². The topological polar surface area (TPSA) is 80.6 Å². The van der Waals surface area contributed by atoms with Crippen LogP contribution in [0, 0.1) is 19.3 Å². The van der Waals surface area contributed by atoms with Gasteiger partial charge in [0.1, 0.15) is 11.5 Å². The summed E-state index contributed by atoms with van der Waals surface area (Å²) in [5, 5.41) is 7.49. The van der Waals surface area contributed by atoms with Gasteiger partial charge in [-0.1, -0.05) is 6.07 Å². The molecule has 2 rings (SSSR count). The quantitative estimate of drug-likeness (QED) is 0.613. The average Bonchev–Trinajstić information content (AvgIpc) is 2.61. The Morgan fingerprint density at radius 3 is 2.76 bits per heavy atom. The summed E-state index contributed by atoms with van der Waals surface area (Å²) in [6.45, 7) is 4.63. The van der Waals surface area contributed by atoms with Gasteiger partial charge in [0.2, 0.25) is 0 Å². The molecule has 5 heteroatoms. The van der Waals surface area contributed by atoms with Gasteiger partial charge in [0, 0.05) is 17.5 Å². The minimum Gasteiger partial charge on any atom is -0.382 e. The minimum atomic E-state index is -0.00455. The molecule has 0 saturated heterocycles. The zero-order chi connectivity index (χ0) is 12.4. The van der Waals surface area contributed by atoms with Crippen molar-refractivity contribution in [3.63, 3.8) is 0 Å². The summed E-state index contributed by atoms with van der Waals surface area (Å²) in [5.41, 5.74) is 9.10. The zero-order valence-corrected chi connectivity index (χ0v) is 9.94. The van der Waals surface area contributed by atoms with Crippen LogP contribution in [0.2, 0.25) is 0 Å². The highest BCUT2D eigenvalue weighted by Crippen LogP contribution is 2.11. The van der Waals surface area contributed by atoms with Gasteiger partial charge in [-0.05, 0) is 19.9 Å². The summed E-state index contributed by atoms with van der Waals surface area (Å²) >= 11 is 0. The lowest BCUT2D eigenvalue weighted by molar-refractivity contribution is 0.763. The maximum Gasteiger partial charge on any atom is 0.142 e. The normalized spacial score (nSPS) is 10.5. The molecule has 3 N–H and O–H groups in total. The van der Waals surface area contributed by atoms with E-state index in [-0.39, 0.29) is 5.84 Å². The number of pyridine rings is 1. The Kier molecular flexibility index (Phi) is 2.91. The first kappa shape index (κ1) is 11.3. The Hall–Kier alpha value is -2.17. The third-order valence-electron chi connectivity index (χ3n) is 2.83. The maximum absolute atomic E-state index is 7.49. The second kappa shape index (κ2) is 4.37. The molecule has 17 heavy (non-hydrogen) atoms. The Labute approximate surface area is 99.8 Å². The van der Waals surface area contributed by atoms with Crippen molar-refractivity contribution in [3.05, 3.63) is 47.3 Å². The van der Waals surface area contributed by atoms with E-state index >= 15 is 0 Å². The van der Waals surface area contributed by atoms with Crippen LogP contribution in [-0.2, 0) is 6.54 Å². The Morgan fingerprint density at radius 1 is 1.41 bits per heavy atom. The fraction of sp³-hybridized carbons (Fsp3) is 0.250. The number of nitrogen functional groups attached to an aromatic ring is 1. The van der Waals surface area contributed by atoms with E-state index in [1.165, 1.54) is 0 Å². The summed E-state index contributed by atoms with van der Waals surface area (Å²) in [5.74, 6) is -0.00455. The van der Waals surface area contributed by atoms with Gasteiger partial charge in [0.15, 0.2) is 0 Å². The van der Waals surface area contributed by atoms with E-state index in [9.17, 15) is 0 Å². The summed E-state index contributed by atoms with van der Waals surface area (Å²) in [6.07, 6.45) is 3.44. The van der Waals surface area contributed by atoms with Gasteiger partial charge < -0.3 is 10.3 Å². The lowest BCUT2D eigenvalue weighted by atomic mass is 10.1. The van der Waals surface area contributed by atoms with Crippen LogP contribution in [0.5, 0.6) is 0 Å². The lowest BCUT2D eigenvalue weighted by Crippen LogP contribution is -2.17. The van der Waals surface area contributed by atoms with Crippen LogP contribution in [0.1, 0.15) is 22.6 Å². The molecule has 0 spiro atoms. The van der Waals surface area contributed by atoms with Crippen molar-refractivity contribution in [2.24, 2.45) is 5.73 Å². The van der Waals surface area contributed by atoms with Crippen molar-refractivity contribution >= 4 is 5.84 Å². The van der Waals surface area contributed by atoms with Gasteiger partial charge >= 0.3 is 0 Å². The second-order valence-corrected chi connectivity index (χ2v) is 3.97. The van der Waals surface area contributed by atoms with Crippen molar-refractivity contribution in [1.29, 1.82) is 5.41 Å². The molecule has 0 atom stereocenters. The molecular formula is C12H15N5. The van der Waals surface area contributed by atoms with Crippen molar-refractivity contribution in [2.75, 3.05) is 0 Å². The SMILES string of the molecule is Cc1ncn(Cc2cccnc2C(=N)N)c1C. The molecule has 0 amide bonds. The summed E-state index contributed by atoms with van der Waals surface area (Å²) in [4.78, 5) is 8.37. The lowest BCUT2D eigenvalue weighted by Gasteiger charge is -2.09. The fourth-order valence-electron chi connectivity index (χ4n) is 1.70. The number of nitrogens with zero attached hydrogens (tertiary/aromatic N) is 3. The number of hydrogen-bond donors (Lipinski definition) is 2. The first-order chi connectivity index (χ1) is 8.09. The third-order valence-corrected chi connectivity index (χ3v) is 2.83. The van der Waals surface area contributed by atoms with E-state index in [1.54, 1.807) is 12.5 Å². The number of amidine groups is 1. The van der Waals surface area contributed by atoms with Gasteiger partial charge in [-0.3, -0.25) is 10.4 Å². The molecule has 88 valence electrons. The maximum atomic E-state index is 7.49. The van der Waals surface area contributed by atoms with Crippen LogP contribution in [-0.4, -0.2) is 20.4 Å². The minimum absolute atomic E-state index is 0.00455. The Bertz CT molecular complexity index is 556. The molecule has 2 aromatic rings. The number of nitrogens with two attached hydrogens (primary N) is 1. The van der Waals surface area contributed by atoms with Crippen molar-refractivity contribution in [3.8, 4) is 0 Å². The van der Waals surface area contributed by atoms with Gasteiger partial charge in [-0.2, -0.15) is 0 Å². The number of hydrogen-bond acceptors (Lipinski definition) is 3. The molecule has 0 fully saturated rings. The molecule has 0 saturated carbocycles. The highest BCUT2D eigenvalue weighted by Gasteiger charge is 2.08. The predicted molar refractivity (Wildman–Crippen MR) is 66.1 cm³/mol. The molecular weight excluding hydrogens is 214 g/mol. The van der Waals surface area contributed by atoms with E-state index in [1.807, 2.05) is 30.5 Å². The molecule has 0 bridgehead atoms. The monoisotopic (exact) mass is 229 g/mol. The summed E-state index contributed by atoms with van der Waals surface area (Å²) in [6, 6.07) is 3.78. The first-order valence-corrected chi connectivity index (χ1v) is 5.36. The summed E-state index contributed by atoms with van der Waals surface area (Å²) < 4.78 is 2.03. The second-order valence-electron chi connectivity index (χ2n) is 3.97. The number of nitrogens with one attached hydrogen (secondary N) is 1. The van der Waals surface area contributed by atoms with Gasteiger partial charge in [-0.25, -0.2) is 4.98 Å². The van der Waals surface area contributed by atoms with Gasteiger partial charge in [-0.15, -0.1) is 0 Å². The molecule has 5 nitrogen and oxygen atoms in total.